The van der Waals surface area contributed by atoms with Gasteiger partial charge in [0.05, 0.1) is 0 Å². The molecule has 0 saturated heterocycles. The molecule has 0 heterocycles. The number of carbonyl (C=O) groups is 2. The van der Waals surface area contributed by atoms with Crippen LogP contribution in [0.1, 0.15) is 65.2 Å². The molecular formula is C24H32O4. The minimum absolute atomic E-state index is 0.0208. The van der Waals surface area contributed by atoms with Crippen LogP contribution in [0, 0.1) is 34.5 Å². The molecule has 0 amide bonds. The van der Waals surface area contributed by atoms with Crippen molar-refractivity contribution in [2.45, 2.75) is 70.8 Å². The number of aliphatic hydroxyl groups excluding tert-OH is 1. The number of hydrogen-bond donors (Lipinski definition) is 2. The molecular weight excluding hydrogens is 352 g/mol. The van der Waals surface area contributed by atoms with Crippen LogP contribution < -0.4 is 0 Å². The standard InChI is InChI=1S/C24H32O4/c1-22-9-7-16(26)11-15(22)5-6-17-18(22)8-10-23(2)20(17)12-19(14-3-4-14)24(23,28)21(27)13-25/h8,11,14,17,19-20,25,28H,3-7,9-10,12-13H2,1-2H3/t17?,19-,20?,22-,23-,24-/m0/s1. The van der Waals surface area contributed by atoms with Crippen LogP contribution in [-0.2, 0) is 9.59 Å². The Labute approximate surface area is 167 Å². The predicted molar refractivity (Wildman–Crippen MR) is 105 cm³/mol. The van der Waals surface area contributed by atoms with E-state index in [1.165, 1.54) is 11.1 Å². The quantitative estimate of drug-likeness (QED) is 0.732. The van der Waals surface area contributed by atoms with Crippen molar-refractivity contribution in [2.75, 3.05) is 6.61 Å². The second-order valence-corrected chi connectivity index (χ2v) is 10.5. The molecule has 28 heavy (non-hydrogen) atoms. The van der Waals surface area contributed by atoms with Crippen LogP contribution in [0.25, 0.3) is 0 Å². The van der Waals surface area contributed by atoms with Crippen molar-refractivity contribution in [3.63, 3.8) is 0 Å². The second-order valence-electron chi connectivity index (χ2n) is 10.5. The van der Waals surface area contributed by atoms with Gasteiger partial charge in [-0.05, 0) is 74.7 Å². The summed E-state index contributed by atoms with van der Waals surface area (Å²) in [5.41, 5.74) is 0.795. The fourth-order valence-electron chi connectivity index (χ4n) is 7.63. The van der Waals surface area contributed by atoms with Gasteiger partial charge >= 0.3 is 0 Å². The van der Waals surface area contributed by atoms with Gasteiger partial charge in [-0.2, -0.15) is 0 Å². The van der Waals surface area contributed by atoms with Crippen LogP contribution in [-0.4, -0.2) is 34.0 Å². The van der Waals surface area contributed by atoms with Gasteiger partial charge in [0.15, 0.2) is 11.6 Å². The number of Topliss-reactive ketones (excluding diaryl/α,β-unsaturated/α-hetero) is 1. The van der Waals surface area contributed by atoms with Crippen molar-refractivity contribution in [1.82, 2.24) is 0 Å². The van der Waals surface area contributed by atoms with E-state index in [4.69, 9.17) is 0 Å². The highest BCUT2D eigenvalue weighted by Crippen LogP contribution is 2.69. The molecule has 5 rings (SSSR count). The van der Waals surface area contributed by atoms with Gasteiger partial charge in [-0.1, -0.05) is 31.1 Å². The number of rotatable bonds is 3. The Kier molecular flexibility index (Phi) is 3.94. The number of allylic oxidation sites excluding steroid dienone is 4. The third-order valence-electron chi connectivity index (χ3n) is 9.40. The molecule has 6 atom stereocenters. The molecule has 0 radical (unpaired) electrons. The lowest BCUT2D eigenvalue weighted by Crippen LogP contribution is -2.58. The summed E-state index contributed by atoms with van der Waals surface area (Å²) in [6.07, 6.45) is 11.4. The van der Waals surface area contributed by atoms with E-state index in [-0.39, 0.29) is 28.8 Å². The molecule has 152 valence electrons. The topological polar surface area (TPSA) is 74.6 Å². The van der Waals surface area contributed by atoms with E-state index in [2.05, 4.69) is 19.9 Å². The SMILES string of the molecule is C[C@]12CCC(=O)C=C1CCC1C2=CC[C@@]2(C)C1C[C@@H](C1CC1)[C@]2(O)C(=O)CO. The minimum atomic E-state index is -1.41. The first-order valence-corrected chi connectivity index (χ1v) is 11.1. The third-order valence-corrected chi connectivity index (χ3v) is 9.40. The number of aliphatic hydroxyl groups is 2. The van der Waals surface area contributed by atoms with Crippen molar-refractivity contribution in [1.29, 1.82) is 0 Å². The molecule has 0 spiro atoms. The summed E-state index contributed by atoms with van der Waals surface area (Å²) in [6.45, 7) is 3.82. The highest BCUT2D eigenvalue weighted by atomic mass is 16.3. The van der Waals surface area contributed by atoms with Crippen LogP contribution in [0.4, 0.5) is 0 Å². The van der Waals surface area contributed by atoms with Gasteiger partial charge in [-0.15, -0.1) is 0 Å². The minimum Gasteiger partial charge on any atom is -0.388 e. The lowest BCUT2D eigenvalue weighted by atomic mass is 9.50. The Morgan fingerprint density at radius 1 is 1.18 bits per heavy atom. The largest absolute Gasteiger partial charge is 0.388 e. The van der Waals surface area contributed by atoms with Gasteiger partial charge in [-0.25, -0.2) is 0 Å². The molecule has 3 saturated carbocycles. The number of hydrogen-bond acceptors (Lipinski definition) is 4. The fourth-order valence-corrected chi connectivity index (χ4v) is 7.63. The Morgan fingerprint density at radius 3 is 2.61 bits per heavy atom. The lowest BCUT2D eigenvalue weighted by Gasteiger charge is -2.54. The summed E-state index contributed by atoms with van der Waals surface area (Å²) in [4.78, 5) is 24.8. The van der Waals surface area contributed by atoms with Gasteiger partial charge in [0.2, 0.25) is 0 Å². The number of fused-ring (bicyclic) bond motifs is 5. The first-order chi connectivity index (χ1) is 13.3. The third kappa shape index (κ3) is 2.19. The van der Waals surface area contributed by atoms with Crippen molar-refractivity contribution in [3.05, 3.63) is 23.3 Å². The zero-order valence-corrected chi connectivity index (χ0v) is 17.0. The summed E-state index contributed by atoms with van der Waals surface area (Å²) in [7, 11) is 0. The van der Waals surface area contributed by atoms with E-state index in [0.29, 0.717) is 24.7 Å². The Balaban J connectivity index is 1.58. The van der Waals surface area contributed by atoms with Gasteiger partial charge in [-0.3, -0.25) is 9.59 Å². The van der Waals surface area contributed by atoms with Gasteiger partial charge in [0, 0.05) is 17.3 Å². The summed E-state index contributed by atoms with van der Waals surface area (Å²) in [6, 6.07) is 0. The highest BCUT2D eigenvalue weighted by Gasteiger charge is 2.70. The fraction of sp³-hybridized carbons (Fsp3) is 0.750. The lowest BCUT2D eigenvalue weighted by molar-refractivity contribution is -0.163. The molecule has 2 N–H and O–H groups in total. The molecule has 4 heteroatoms. The molecule has 5 aliphatic carbocycles. The van der Waals surface area contributed by atoms with E-state index in [1.807, 2.05) is 6.08 Å². The van der Waals surface area contributed by atoms with Crippen LogP contribution in [0.3, 0.4) is 0 Å². The zero-order chi connectivity index (χ0) is 19.9. The van der Waals surface area contributed by atoms with E-state index in [1.54, 1.807) is 0 Å². The maximum Gasteiger partial charge on any atom is 0.190 e. The molecule has 0 aromatic carbocycles. The van der Waals surface area contributed by atoms with Crippen molar-refractivity contribution < 1.29 is 19.8 Å². The summed E-state index contributed by atoms with van der Waals surface area (Å²) in [5.74, 6) is 0.924. The summed E-state index contributed by atoms with van der Waals surface area (Å²) >= 11 is 0. The molecule has 5 aliphatic rings. The highest BCUT2D eigenvalue weighted by molar-refractivity contribution is 5.92. The number of ketones is 2. The average molecular weight is 385 g/mol. The first kappa shape index (κ1) is 18.7. The first-order valence-electron chi connectivity index (χ1n) is 11.1. The van der Waals surface area contributed by atoms with Gasteiger partial charge in [0.1, 0.15) is 12.2 Å². The molecule has 0 aromatic rings. The Bertz CT molecular complexity index is 805. The van der Waals surface area contributed by atoms with E-state index in [0.717, 1.165) is 38.5 Å². The molecule has 4 nitrogen and oxygen atoms in total. The van der Waals surface area contributed by atoms with Crippen molar-refractivity contribution >= 4 is 11.6 Å². The zero-order valence-electron chi connectivity index (χ0n) is 17.0. The smallest absolute Gasteiger partial charge is 0.190 e. The summed E-state index contributed by atoms with van der Waals surface area (Å²) in [5, 5.41) is 21.5. The van der Waals surface area contributed by atoms with E-state index >= 15 is 0 Å². The molecule has 0 bridgehead atoms. The molecule has 2 unspecified atom stereocenters. The maximum absolute atomic E-state index is 12.9. The van der Waals surface area contributed by atoms with Crippen LogP contribution in [0.2, 0.25) is 0 Å². The molecule has 0 aliphatic heterocycles. The molecule has 0 aromatic heterocycles. The Morgan fingerprint density at radius 2 is 1.93 bits per heavy atom. The van der Waals surface area contributed by atoms with Gasteiger partial charge < -0.3 is 10.2 Å². The maximum atomic E-state index is 12.9. The van der Waals surface area contributed by atoms with Crippen LogP contribution in [0.5, 0.6) is 0 Å². The average Bonchev–Trinajstić information content (AvgIpc) is 3.48. The van der Waals surface area contributed by atoms with Crippen molar-refractivity contribution in [2.24, 2.45) is 34.5 Å². The monoisotopic (exact) mass is 384 g/mol. The van der Waals surface area contributed by atoms with Crippen molar-refractivity contribution in [3.8, 4) is 0 Å². The van der Waals surface area contributed by atoms with Gasteiger partial charge in [0.25, 0.3) is 0 Å². The summed E-state index contributed by atoms with van der Waals surface area (Å²) < 4.78 is 0. The normalized spacial score (nSPS) is 47.6. The van der Waals surface area contributed by atoms with E-state index in [9.17, 15) is 19.8 Å². The van der Waals surface area contributed by atoms with Crippen LogP contribution in [0.15, 0.2) is 23.3 Å². The van der Waals surface area contributed by atoms with E-state index < -0.39 is 17.6 Å². The second kappa shape index (κ2) is 5.89. The number of carbonyl (C=O) groups excluding carboxylic acids is 2. The predicted octanol–water partition coefficient (Wildman–Crippen LogP) is 3.37. The molecule has 3 fully saturated rings. The Hall–Kier alpha value is -1.26. The van der Waals surface area contributed by atoms with Crippen LogP contribution >= 0.6 is 0 Å².